The standard InChI is InChI=1S/C16H12N2O6/c1-11-2-4-12(5-3-11)6-9-16(19)24-15-8-7-13(17(20)21)10-14(15)18(22)23/h2-10H,1H3/b9-6+. The zero-order chi connectivity index (χ0) is 17.7. The topological polar surface area (TPSA) is 113 Å². The van der Waals surface area contributed by atoms with Gasteiger partial charge < -0.3 is 4.74 Å². The summed E-state index contributed by atoms with van der Waals surface area (Å²) in [5, 5.41) is 21.6. The van der Waals surface area contributed by atoms with Gasteiger partial charge in [0.05, 0.1) is 15.9 Å². The van der Waals surface area contributed by atoms with Crippen molar-refractivity contribution < 1.29 is 19.4 Å². The molecule has 0 amide bonds. The minimum absolute atomic E-state index is 0.357. The Morgan fingerprint density at radius 2 is 1.71 bits per heavy atom. The molecule has 0 heterocycles. The van der Waals surface area contributed by atoms with E-state index < -0.39 is 27.2 Å². The second-order valence-corrected chi connectivity index (χ2v) is 4.83. The molecule has 24 heavy (non-hydrogen) atoms. The van der Waals surface area contributed by atoms with Crippen LogP contribution in [0.15, 0.2) is 48.5 Å². The number of rotatable bonds is 5. The monoisotopic (exact) mass is 328 g/mol. The fourth-order valence-electron chi connectivity index (χ4n) is 1.83. The number of nitrogens with zero attached hydrogens (tertiary/aromatic N) is 2. The molecule has 122 valence electrons. The third kappa shape index (κ3) is 4.23. The third-order valence-electron chi connectivity index (χ3n) is 3.05. The van der Waals surface area contributed by atoms with Gasteiger partial charge in [-0.3, -0.25) is 20.2 Å². The highest BCUT2D eigenvalue weighted by atomic mass is 16.6. The maximum atomic E-state index is 11.8. The first-order chi connectivity index (χ1) is 11.4. The van der Waals surface area contributed by atoms with E-state index in [1.54, 1.807) is 12.1 Å². The lowest BCUT2D eigenvalue weighted by Gasteiger charge is -2.02. The Bertz CT molecular complexity index is 827. The van der Waals surface area contributed by atoms with Crippen molar-refractivity contribution in [3.8, 4) is 5.75 Å². The summed E-state index contributed by atoms with van der Waals surface area (Å²) in [7, 11) is 0. The number of hydrogen-bond acceptors (Lipinski definition) is 6. The molecule has 0 bridgehead atoms. The van der Waals surface area contributed by atoms with Crippen molar-refractivity contribution >= 4 is 23.4 Å². The first-order valence-electron chi connectivity index (χ1n) is 6.76. The normalized spacial score (nSPS) is 10.5. The van der Waals surface area contributed by atoms with E-state index >= 15 is 0 Å². The van der Waals surface area contributed by atoms with Gasteiger partial charge in [-0.25, -0.2) is 4.79 Å². The van der Waals surface area contributed by atoms with E-state index in [1.807, 2.05) is 19.1 Å². The molecule has 0 spiro atoms. The molecule has 0 aliphatic carbocycles. The maximum Gasteiger partial charge on any atom is 0.336 e. The molecule has 0 radical (unpaired) electrons. The summed E-state index contributed by atoms with van der Waals surface area (Å²) < 4.78 is 4.90. The lowest BCUT2D eigenvalue weighted by Crippen LogP contribution is -2.06. The Hall–Kier alpha value is -3.55. The second-order valence-electron chi connectivity index (χ2n) is 4.83. The molecule has 8 nitrogen and oxygen atoms in total. The van der Waals surface area contributed by atoms with E-state index in [0.29, 0.717) is 0 Å². The Kier molecular flexibility index (Phi) is 5.00. The number of nitro groups is 2. The fourth-order valence-corrected chi connectivity index (χ4v) is 1.83. The number of esters is 1. The van der Waals surface area contributed by atoms with Crippen molar-refractivity contribution in [2.24, 2.45) is 0 Å². The van der Waals surface area contributed by atoms with Gasteiger partial charge in [-0.2, -0.15) is 0 Å². The molecule has 0 fully saturated rings. The predicted molar refractivity (Wildman–Crippen MR) is 85.6 cm³/mol. The van der Waals surface area contributed by atoms with E-state index in [4.69, 9.17) is 4.74 Å². The highest BCUT2D eigenvalue weighted by molar-refractivity contribution is 5.89. The molecule has 0 aliphatic heterocycles. The molecule has 8 heteroatoms. The van der Waals surface area contributed by atoms with Crippen LogP contribution in [0, 0.1) is 27.2 Å². The molecule has 0 unspecified atom stereocenters. The van der Waals surface area contributed by atoms with Crippen LogP contribution in [-0.4, -0.2) is 15.8 Å². The average Bonchev–Trinajstić information content (AvgIpc) is 2.54. The van der Waals surface area contributed by atoms with Crippen molar-refractivity contribution in [2.75, 3.05) is 0 Å². The maximum absolute atomic E-state index is 11.8. The van der Waals surface area contributed by atoms with Crippen LogP contribution in [0.4, 0.5) is 11.4 Å². The fraction of sp³-hybridized carbons (Fsp3) is 0.0625. The van der Waals surface area contributed by atoms with Crippen LogP contribution in [-0.2, 0) is 4.79 Å². The minimum Gasteiger partial charge on any atom is -0.416 e. The molecule has 0 N–H and O–H groups in total. The van der Waals surface area contributed by atoms with E-state index in [2.05, 4.69) is 0 Å². The van der Waals surface area contributed by atoms with Gasteiger partial charge in [0.25, 0.3) is 5.69 Å². The number of non-ortho nitro benzene ring substituents is 1. The van der Waals surface area contributed by atoms with Crippen LogP contribution in [0.2, 0.25) is 0 Å². The van der Waals surface area contributed by atoms with E-state index in [9.17, 15) is 25.0 Å². The summed E-state index contributed by atoms with van der Waals surface area (Å²) in [5.74, 6) is -1.18. The molecule has 0 aromatic heterocycles. The number of hydrogen-bond donors (Lipinski definition) is 0. The van der Waals surface area contributed by atoms with Gasteiger partial charge in [-0.1, -0.05) is 29.8 Å². The summed E-state index contributed by atoms with van der Waals surface area (Å²) in [6.45, 7) is 1.93. The SMILES string of the molecule is Cc1ccc(/C=C/C(=O)Oc2ccc([N+](=O)[O-])cc2[N+](=O)[O-])cc1. The summed E-state index contributed by atoms with van der Waals surface area (Å²) in [6, 6.07) is 10.1. The average molecular weight is 328 g/mol. The number of nitro benzene ring substituents is 2. The zero-order valence-corrected chi connectivity index (χ0v) is 12.5. The lowest BCUT2D eigenvalue weighted by atomic mass is 10.1. The third-order valence-corrected chi connectivity index (χ3v) is 3.05. The molecule has 0 saturated carbocycles. The van der Waals surface area contributed by atoms with Gasteiger partial charge in [0, 0.05) is 12.1 Å². The van der Waals surface area contributed by atoms with Gasteiger partial charge in [-0.15, -0.1) is 0 Å². The van der Waals surface area contributed by atoms with Gasteiger partial charge in [-0.05, 0) is 24.6 Å². The molecular formula is C16H12N2O6. The number of ether oxygens (including phenoxy) is 1. The summed E-state index contributed by atoms with van der Waals surface area (Å²) >= 11 is 0. The highest BCUT2D eigenvalue weighted by Gasteiger charge is 2.21. The van der Waals surface area contributed by atoms with Crippen LogP contribution < -0.4 is 4.74 Å². The smallest absolute Gasteiger partial charge is 0.336 e. The highest BCUT2D eigenvalue weighted by Crippen LogP contribution is 2.31. The summed E-state index contributed by atoms with van der Waals surface area (Å²) in [5.41, 5.74) is 0.713. The first-order valence-corrected chi connectivity index (χ1v) is 6.76. The lowest BCUT2D eigenvalue weighted by molar-refractivity contribution is -0.394. The number of carbonyl (C=O) groups is 1. The Morgan fingerprint density at radius 3 is 2.29 bits per heavy atom. The molecule has 2 aromatic carbocycles. The molecule has 2 aromatic rings. The summed E-state index contributed by atoms with van der Waals surface area (Å²) in [6.07, 6.45) is 2.62. The van der Waals surface area contributed by atoms with Crippen LogP contribution in [0.3, 0.4) is 0 Å². The van der Waals surface area contributed by atoms with Crippen molar-refractivity contribution in [1.82, 2.24) is 0 Å². The zero-order valence-electron chi connectivity index (χ0n) is 12.5. The van der Waals surface area contributed by atoms with E-state index in [1.165, 1.54) is 6.08 Å². The Morgan fingerprint density at radius 1 is 1.04 bits per heavy atom. The van der Waals surface area contributed by atoms with Gasteiger partial charge >= 0.3 is 11.7 Å². The van der Waals surface area contributed by atoms with Gasteiger partial charge in [0.1, 0.15) is 0 Å². The van der Waals surface area contributed by atoms with Crippen molar-refractivity contribution in [3.05, 3.63) is 79.9 Å². The van der Waals surface area contributed by atoms with Crippen molar-refractivity contribution in [3.63, 3.8) is 0 Å². The van der Waals surface area contributed by atoms with Crippen molar-refractivity contribution in [2.45, 2.75) is 6.92 Å². The molecule has 0 aliphatic rings. The Labute approximate surface area is 136 Å². The van der Waals surface area contributed by atoms with Crippen LogP contribution in [0.5, 0.6) is 5.75 Å². The molecule has 0 saturated heterocycles. The van der Waals surface area contributed by atoms with Crippen LogP contribution >= 0.6 is 0 Å². The largest absolute Gasteiger partial charge is 0.416 e. The number of carbonyl (C=O) groups excluding carboxylic acids is 1. The number of benzene rings is 2. The molecular weight excluding hydrogens is 316 g/mol. The number of aryl methyl sites for hydroxylation is 1. The van der Waals surface area contributed by atoms with Gasteiger partial charge in [0.15, 0.2) is 0 Å². The predicted octanol–water partition coefficient (Wildman–Crippen LogP) is 3.43. The first kappa shape index (κ1) is 16.8. The van der Waals surface area contributed by atoms with E-state index in [-0.39, 0.29) is 5.75 Å². The van der Waals surface area contributed by atoms with Crippen molar-refractivity contribution in [1.29, 1.82) is 0 Å². The summed E-state index contributed by atoms with van der Waals surface area (Å²) in [4.78, 5) is 31.8. The quantitative estimate of drug-likeness (QED) is 0.273. The minimum atomic E-state index is -0.848. The van der Waals surface area contributed by atoms with Crippen LogP contribution in [0.25, 0.3) is 6.08 Å². The second kappa shape index (κ2) is 7.14. The van der Waals surface area contributed by atoms with E-state index in [0.717, 1.165) is 35.4 Å². The Balaban J connectivity index is 2.17. The van der Waals surface area contributed by atoms with Gasteiger partial charge in [0.2, 0.25) is 5.75 Å². The molecule has 2 rings (SSSR count). The van der Waals surface area contributed by atoms with Crippen LogP contribution in [0.1, 0.15) is 11.1 Å². The molecule has 0 atom stereocenters.